The Kier molecular flexibility index (Phi) is 5.82. The highest BCUT2D eigenvalue weighted by Gasteiger charge is 2.63. The Labute approximate surface area is 187 Å². The summed E-state index contributed by atoms with van der Waals surface area (Å²) in [7, 11) is 0. The van der Waals surface area contributed by atoms with E-state index >= 15 is 0 Å². The van der Waals surface area contributed by atoms with Crippen LogP contribution >= 0.6 is 0 Å². The Morgan fingerprint density at radius 1 is 1.07 bits per heavy atom. The van der Waals surface area contributed by atoms with Gasteiger partial charge in [0.15, 0.2) is 0 Å². The summed E-state index contributed by atoms with van der Waals surface area (Å²) in [5, 5.41) is 10.3. The van der Waals surface area contributed by atoms with E-state index in [-0.39, 0.29) is 6.10 Å². The molecule has 1 heteroatoms. The minimum atomic E-state index is -0.0488. The van der Waals surface area contributed by atoms with Gasteiger partial charge in [-0.3, -0.25) is 0 Å². The van der Waals surface area contributed by atoms with Crippen LogP contribution < -0.4 is 0 Å². The van der Waals surface area contributed by atoms with Crippen molar-refractivity contribution in [3.63, 3.8) is 0 Å². The fourth-order valence-corrected chi connectivity index (χ4v) is 8.99. The minimum absolute atomic E-state index is 0.0488. The van der Waals surface area contributed by atoms with Crippen LogP contribution in [0.25, 0.3) is 0 Å². The molecule has 0 aromatic carbocycles. The first-order valence-electron chi connectivity index (χ1n) is 13.3. The molecule has 0 amide bonds. The summed E-state index contributed by atoms with van der Waals surface area (Å²) in [5.74, 6) is 3.23. The molecule has 0 heterocycles. The van der Waals surface area contributed by atoms with Crippen LogP contribution in [0.15, 0.2) is 11.6 Å². The maximum atomic E-state index is 10.3. The number of aliphatic hydroxyl groups is 1. The third-order valence-electron chi connectivity index (χ3n) is 11.2. The summed E-state index contributed by atoms with van der Waals surface area (Å²) in [4.78, 5) is 0. The molecular weight excluding hydrogens is 364 g/mol. The van der Waals surface area contributed by atoms with Gasteiger partial charge in [0.1, 0.15) is 0 Å². The van der Waals surface area contributed by atoms with Crippen molar-refractivity contribution in [3.05, 3.63) is 11.6 Å². The largest absolute Gasteiger partial charge is 0.393 e. The van der Waals surface area contributed by atoms with Gasteiger partial charge >= 0.3 is 0 Å². The molecule has 1 N–H and O–H groups in total. The highest BCUT2D eigenvalue weighted by atomic mass is 16.3. The van der Waals surface area contributed by atoms with E-state index in [4.69, 9.17) is 0 Å². The molecule has 30 heavy (non-hydrogen) atoms. The highest BCUT2D eigenvalue weighted by molar-refractivity contribution is 5.32. The molecule has 3 fully saturated rings. The highest BCUT2D eigenvalue weighted by Crippen LogP contribution is 2.72. The van der Waals surface area contributed by atoms with Crippen LogP contribution in [0.3, 0.4) is 0 Å². The molecule has 3 saturated carbocycles. The summed E-state index contributed by atoms with van der Waals surface area (Å²) in [6.45, 7) is 17.7. The van der Waals surface area contributed by atoms with Crippen LogP contribution in [0, 0.1) is 45.3 Å². The standard InChI is InChI=1S/C29H50O/c1-20(9-8-15-26(2,3)4)23-13-17-29(7)25-11-10-21-19-22(30)12-16-27(21,5)24(25)14-18-28(23,29)6/h11,20-24,30H,8-10,12-19H2,1-7H3/t20-,21+,22+,23-,24+,27+,28-,29+/m1/s1. The van der Waals surface area contributed by atoms with Crippen molar-refractivity contribution in [2.45, 2.75) is 125 Å². The fourth-order valence-electron chi connectivity index (χ4n) is 8.99. The van der Waals surface area contributed by atoms with Gasteiger partial charge in [0.2, 0.25) is 0 Å². The lowest BCUT2D eigenvalue weighted by Gasteiger charge is -2.61. The molecule has 0 saturated heterocycles. The van der Waals surface area contributed by atoms with Crippen molar-refractivity contribution in [3.8, 4) is 0 Å². The molecular formula is C29H50O. The first kappa shape index (κ1) is 22.9. The molecule has 1 nitrogen and oxygen atoms in total. The average molecular weight is 415 g/mol. The smallest absolute Gasteiger partial charge is 0.0543 e. The van der Waals surface area contributed by atoms with Crippen molar-refractivity contribution in [1.82, 2.24) is 0 Å². The maximum absolute atomic E-state index is 10.3. The van der Waals surface area contributed by atoms with E-state index in [9.17, 15) is 5.11 Å². The summed E-state index contributed by atoms with van der Waals surface area (Å²) < 4.78 is 0. The van der Waals surface area contributed by atoms with Crippen LogP contribution in [0.4, 0.5) is 0 Å². The summed E-state index contributed by atoms with van der Waals surface area (Å²) in [6.07, 6.45) is 17.0. The molecule has 4 aliphatic carbocycles. The first-order chi connectivity index (χ1) is 13.9. The van der Waals surface area contributed by atoms with Crippen molar-refractivity contribution in [1.29, 1.82) is 0 Å². The van der Waals surface area contributed by atoms with Gasteiger partial charge in [0.05, 0.1) is 6.10 Å². The van der Waals surface area contributed by atoms with Crippen LogP contribution in [0.5, 0.6) is 0 Å². The average Bonchev–Trinajstić information content (AvgIpc) is 2.93. The van der Waals surface area contributed by atoms with Crippen molar-refractivity contribution in [2.75, 3.05) is 0 Å². The predicted molar refractivity (Wildman–Crippen MR) is 128 cm³/mol. The zero-order chi connectivity index (χ0) is 21.9. The first-order valence-corrected chi connectivity index (χ1v) is 13.3. The number of allylic oxidation sites excluding steroid dienone is 2. The van der Waals surface area contributed by atoms with E-state index in [0.717, 1.165) is 30.6 Å². The molecule has 0 unspecified atom stereocenters. The molecule has 0 aromatic rings. The number of aliphatic hydroxyl groups excluding tert-OH is 1. The SMILES string of the molecule is C[C@H](CCCC(C)(C)C)[C@H]1CC[C@@]2(C)C3=CC[C@H]4C[C@@H](O)CC[C@]4(C)[C@H]3CC[C@]12C. The lowest BCUT2D eigenvalue weighted by Crippen LogP contribution is -2.53. The van der Waals surface area contributed by atoms with Gasteiger partial charge < -0.3 is 5.11 Å². The molecule has 0 aromatic heterocycles. The van der Waals surface area contributed by atoms with E-state index in [1.54, 1.807) is 0 Å². The van der Waals surface area contributed by atoms with Gasteiger partial charge in [-0.2, -0.15) is 0 Å². The van der Waals surface area contributed by atoms with E-state index in [0.29, 0.717) is 27.6 Å². The van der Waals surface area contributed by atoms with E-state index in [1.807, 2.05) is 5.57 Å². The van der Waals surface area contributed by atoms with Crippen LogP contribution in [-0.2, 0) is 0 Å². The molecule has 172 valence electrons. The van der Waals surface area contributed by atoms with Crippen molar-refractivity contribution >= 4 is 0 Å². The Morgan fingerprint density at radius 3 is 2.50 bits per heavy atom. The molecule has 0 aliphatic heterocycles. The van der Waals surface area contributed by atoms with Gasteiger partial charge in [0, 0.05) is 0 Å². The van der Waals surface area contributed by atoms with Gasteiger partial charge in [-0.15, -0.1) is 0 Å². The third-order valence-corrected chi connectivity index (χ3v) is 11.2. The Bertz CT molecular complexity index is 670. The fraction of sp³-hybridized carbons (Fsp3) is 0.931. The lowest BCUT2D eigenvalue weighted by atomic mass is 9.43. The zero-order valence-electron chi connectivity index (χ0n) is 21.2. The number of hydrogen-bond donors (Lipinski definition) is 1. The number of rotatable bonds is 4. The lowest BCUT2D eigenvalue weighted by molar-refractivity contribution is -0.0629. The normalized spacial score (nSPS) is 47.1. The van der Waals surface area contributed by atoms with E-state index in [1.165, 1.54) is 57.8 Å². The number of hydrogen-bond acceptors (Lipinski definition) is 1. The number of fused-ring (bicyclic) bond motifs is 5. The summed E-state index contributed by atoms with van der Waals surface area (Å²) in [6, 6.07) is 0. The molecule has 0 radical (unpaired) electrons. The zero-order valence-corrected chi connectivity index (χ0v) is 21.2. The van der Waals surface area contributed by atoms with Crippen molar-refractivity contribution < 1.29 is 5.11 Å². The molecule has 4 aliphatic rings. The maximum Gasteiger partial charge on any atom is 0.0543 e. The Morgan fingerprint density at radius 2 is 1.80 bits per heavy atom. The molecule has 4 rings (SSSR count). The Hall–Kier alpha value is -0.300. The molecule has 8 atom stereocenters. The second kappa shape index (κ2) is 7.64. The molecule has 0 spiro atoms. The third kappa shape index (κ3) is 3.54. The van der Waals surface area contributed by atoms with Crippen LogP contribution in [0.1, 0.15) is 119 Å². The topological polar surface area (TPSA) is 20.2 Å². The second-order valence-corrected chi connectivity index (χ2v) is 13.9. The summed E-state index contributed by atoms with van der Waals surface area (Å²) >= 11 is 0. The Balaban J connectivity index is 1.54. The molecule has 0 bridgehead atoms. The van der Waals surface area contributed by atoms with Gasteiger partial charge in [0.25, 0.3) is 0 Å². The van der Waals surface area contributed by atoms with E-state index < -0.39 is 0 Å². The minimum Gasteiger partial charge on any atom is -0.393 e. The van der Waals surface area contributed by atoms with Gasteiger partial charge in [-0.25, -0.2) is 0 Å². The van der Waals surface area contributed by atoms with Crippen molar-refractivity contribution in [2.24, 2.45) is 45.3 Å². The van der Waals surface area contributed by atoms with Gasteiger partial charge in [-0.1, -0.05) is 73.0 Å². The quantitative estimate of drug-likeness (QED) is 0.460. The monoisotopic (exact) mass is 414 g/mol. The van der Waals surface area contributed by atoms with E-state index in [2.05, 4.69) is 54.5 Å². The van der Waals surface area contributed by atoms with Gasteiger partial charge in [-0.05, 0) is 103 Å². The second-order valence-electron chi connectivity index (χ2n) is 13.9. The summed E-state index contributed by atoms with van der Waals surface area (Å²) in [5.41, 5.74) is 3.65. The predicted octanol–water partition coefficient (Wildman–Crippen LogP) is 8.17. The van der Waals surface area contributed by atoms with Crippen LogP contribution in [-0.4, -0.2) is 11.2 Å². The van der Waals surface area contributed by atoms with Crippen LogP contribution in [0.2, 0.25) is 0 Å².